The van der Waals surface area contributed by atoms with Gasteiger partial charge in [0.25, 0.3) is 0 Å². The molecule has 0 aliphatic carbocycles. The number of ether oxygens (including phenoxy) is 1. The Morgan fingerprint density at radius 3 is 2.86 bits per heavy atom. The number of hydrogen-bond donors (Lipinski definition) is 1. The van der Waals surface area contributed by atoms with Crippen LogP contribution >= 0.6 is 11.3 Å². The molecule has 6 heteroatoms. The summed E-state index contributed by atoms with van der Waals surface area (Å²) >= 11 is 1.58. The van der Waals surface area contributed by atoms with Gasteiger partial charge in [-0.3, -0.25) is 4.90 Å². The Balaban J connectivity index is 1.69. The molecule has 1 aromatic carbocycles. The van der Waals surface area contributed by atoms with Gasteiger partial charge in [-0.25, -0.2) is 9.37 Å². The lowest BCUT2D eigenvalue weighted by molar-refractivity contribution is -0.134. The lowest BCUT2D eigenvalue weighted by atomic mass is 9.93. The molecular weight excluding hydrogens is 303 g/mol. The van der Waals surface area contributed by atoms with E-state index < -0.39 is 5.60 Å². The topological polar surface area (TPSA) is 45.6 Å². The van der Waals surface area contributed by atoms with E-state index in [1.165, 1.54) is 12.1 Å². The molecule has 4 nitrogen and oxygen atoms in total. The summed E-state index contributed by atoms with van der Waals surface area (Å²) in [6.45, 7) is 2.74. The molecule has 1 saturated heterocycles. The Bertz CT molecular complexity index is 591. The van der Waals surface area contributed by atoms with Crippen molar-refractivity contribution in [1.82, 2.24) is 9.88 Å². The van der Waals surface area contributed by atoms with Crippen molar-refractivity contribution in [3.8, 4) is 0 Å². The molecule has 2 aromatic rings. The van der Waals surface area contributed by atoms with Crippen LogP contribution in [0.5, 0.6) is 0 Å². The summed E-state index contributed by atoms with van der Waals surface area (Å²) in [6.07, 6.45) is 0.567. The van der Waals surface area contributed by atoms with Crippen LogP contribution in [-0.4, -0.2) is 46.9 Å². The zero-order valence-electron chi connectivity index (χ0n) is 12.2. The maximum atomic E-state index is 13.0. The molecule has 1 aliphatic heterocycles. The highest BCUT2D eigenvalue weighted by Gasteiger charge is 2.36. The van der Waals surface area contributed by atoms with Crippen LogP contribution in [0.1, 0.15) is 11.3 Å². The summed E-state index contributed by atoms with van der Waals surface area (Å²) < 4.78 is 18.9. The average Bonchev–Trinajstić information content (AvgIpc) is 3.03. The monoisotopic (exact) mass is 322 g/mol. The smallest absolute Gasteiger partial charge is 0.123 e. The quantitative estimate of drug-likeness (QED) is 0.915. The van der Waals surface area contributed by atoms with E-state index >= 15 is 0 Å². The van der Waals surface area contributed by atoms with Crippen LogP contribution < -0.4 is 0 Å². The van der Waals surface area contributed by atoms with Crippen LogP contribution in [0.15, 0.2) is 35.2 Å². The van der Waals surface area contributed by atoms with Crippen molar-refractivity contribution in [2.24, 2.45) is 0 Å². The van der Waals surface area contributed by atoms with E-state index in [4.69, 9.17) is 4.74 Å². The van der Waals surface area contributed by atoms with Gasteiger partial charge >= 0.3 is 0 Å². The van der Waals surface area contributed by atoms with Gasteiger partial charge in [0, 0.05) is 31.4 Å². The fourth-order valence-electron chi connectivity index (χ4n) is 2.84. The predicted octanol–water partition coefficient (Wildman–Crippen LogP) is 2.09. The molecule has 0 radical (unpaired) electrons. The number of aromatic nitrogens is 1. The number of benzene rings is 1. The summed E-state index contributed by atoms with van der Waals surface area (Å²) in [5.74, 6) is -0.253. The third-order valence-electron chi connectivity index (χ3n) is 3.92. The Morgan fingerprint density at radius 1 is 1.36 bits per heavy atom. The maximum absolute atomic E-state index is 13.0. The molecule has 1 unspecified atom stereocenters. The molecule has 3 rings (SSSR count). The van der Waals surface area contributed by atoms with E-state index in [-0.39, 0.29) is 12.4 Å². The van der Waals surface area contributed by atoms with Crippen LogP contribution in [0, 0.1) is 5.82 Å². The lowest BCUT2D eigenvalue weighted by Gasteiger charge is -2.41. The van der Waals surface area contributed by atoms with E-state index in [9.17, 15) is 9.50 Å². The number of aliphatic hydroxyl groups excluding tert-OH is 1. The Kier molecular flexibility index (Phi) is 4.83. The van der Waals surface area contributed by atoms with E-state index in [1.54, 1.807) is 23.5 Å². The number of halogens is 1. The van der Waals surface area contributed by atoms with Crippen molar-refractivity contribution in [3.63, 3.8) is 0 Å². The van der Waals surface area contributed by atoms with E-state index in [0.717, 1.165) is 24.3 Å². The van der Waals surface area contributed by atoms with Crippen LogP contribution in [0.3, 0.4) is 0 Å². The minimum Gasteiger partial charge on any atom is -0.393 e. The minimum atomic E-state index is -0.633. The van der Waals surface area contributed by atoms with Crippen molar-refractivity contribution < 1.29 is 14.2 Å². The zero-order chi connectivity index (χ0) is 15.4. The third-order valence-corrected chi connectivity index (χ3v) is 4.56. The second-order valence-corrected chi connectivity index (χ2v) is 6.40. The van der Waals surface area contributed by atoms with Crippen LogP contribution in [0.25, 0.3) is 0 Å². The Morgan fingerprint density at radius 2 is 2.18 bits per heavy atom. The van der Waals surface area contributed by atoms with E-state index in [2.05, 4.69) is 9.88 Å². The van der Waals surface area contributed by atoms with Gasteiger partial charge in [-0.05, 0) is 17.7 Å². The highest BCUT2D eigenvalue weighted by molar-refractivity contribution is 7.07. The van der Waals surface area contributed by atoms with Gasteiger partial charge in [-0.1, -0.05) is 12.1 Å². The van der Waals surface area contributed by atoms with Gasteiger partial charge in [-0.15, -0.1) is 11.3 Å². The first kappa shape index (κ1) is 15.6. The van der Waals surface area contributed by atoms with Crippen LogP contribution in [-0.2, 0) is 17.7 Å². The molecule has 1 atom stereocenters. The van der Waals surface area contributed by atoms with Gasteiger partial charge in [0.2, 0.25) is 0 Å². The van der Waals surface area contributed by atoms with Crippen molar-refractivity contribution in [2.75, 3.05) is 26.3 Å². The number of nitrogens with zero attached hydrogens (tertiary/aromatic N) is 2. The highest BCUT2D eigenvalue weighted by Crippen LogP contribution is 2.24. The molecule has 22 heavy (non-hydrogen) atoms. The van der Waals surface area contributed by atoms with Gasteiger partial charge in [0.1, 0.15) is 11.4 Å². The molecule has 1 aromatic heterocycles. The number of rotatable bonds is 5. The molecular formula is C16H19FN2O2S. The SMILES string of the molecule is OCC1(Cc2ccc(F)cc2)CN(Cc2cscn2)CCO1. The first-order valence-corrected chi connectivity index (χ1v) is 8.22. The summed E-state index contributed by atoms with van der Waals surface area (Å²) in [6, 6.07) is 6.37. The van der Waals surface area contributed by atoms with E-state index in [1.807, 2.05) is 10.9 Å². The normalized spacial score (nSPS) is 22.8. The first-order valence-electron chi connectivity index (χ1n) is 7.28. The number of thiazole rings is 1. The largest absolute Gasteiger partial charge is 0.393 e. The minimum absolute atomic E-state index is 0.0576. The average molecular weight is 322 g/mol. The van der Waals surface area contributed by atoms with Gasteiger partial charge in [0.15, 0.2) is 0 Å². The second-order valence-electron chi connectivity index (χ2n) is 5.68. The predicted molar refractivity (Wildman–Crippen MR) is 83.3 cm³/mol. The van der Waals surface area contributed by atoms with Crippen molar-refractivity contribution in [3.05, 3.63) is 52.2 Å². The van der Waals surface area contributed by atoms with Gasteiger partial charge in [-0.2, -0.15) is 0 Å². The number of hydrogen-bond acceptors (Lipinski definition) is 5. The Labute approximate surface area is 133 Å². The van der Waals surface area contributed by atoms with Crippen LogP contribution in [0.4, 0.5) is 4.39 Å². The highest BCUT2D eigenvalue weighted by atomic mass is 32.1. The van der Waals surface area contributed by atoms with Gasteiger partial charge < -0.3 is 9.84 Å². The standard InChI is InChI=1S/C16H19FN2O2S/c17-14-3-1-13(2-4-14)7-16(11-20)10-19(5-6-21-16)8-15-9-22-12-18-15/h1-4,9,12,20H,5-8,10-11H2. The molecule has 118 valence electrons. The summed E-state index contributed by atoms with van der Waals surface area (Å²) in [7, 11) is 0. The fraction of sp³-hybridized carbons (Fsp3) is 0.438. The summed E-state index contributed by atoms with van der Waals surface area (Å²) in [4.78, 5) is 6.56. The third kappa shape index (κ3) is 3.70. The molecule has 0 saturated carbocycles. The molecule has 1 aliphatic rings. The molecule has 0 amide bonds. The molecule has 1 fully saturated rings. The second kappa shape index (κ2) is 6.83. The summed E-state index contributed by atoms with van der Waals surface area (Å²) in [5, 5.41) is 11.9. The lowest BCUT2D eigenvalue weighted by Crippen LogP contribution is -2.55. The van der Waals surface area contributed by atoms with Crippen LogP contribution in [0.2, 0.25) is 0 Å². The van der Waals surface area contributed by atoms with E-state index in [0.29, 0.717) is 19.6 Å². The van der Waals surface area contributed by atoms with Gasteiger partial charge in [0.05, 0.1) is 24.4 Å². The molecule has 1 N–H and O–H groups in total. The Hall–Kier alpha value is -1.34. The summed E-state index contributed by atoms with van der Waals surface area (Å²) in [5.41, 5.74) is 3.20. The molecule has 0 bridgehead atoms. The number of morpholine rings is 1. The number of aliphatic hydroxyl groups is 1. The fourth-order valence-corrected chi connectivity index (χ4v) is 3.39. The van der Waals surface area contributed by atoms with Crippen molar-refractivity contribution >= 4 is 11.3 Å². The molecule has 0 spiro atoms. The molecule has 2 heterocycles. The first-order chi connectivity index (χ1) is 10.7. The van der Waals surface area contributed by atoms with Crippen molar-refractivity contribution in [2.45, 2.75) is 18.6 Å². The zero-order valence-corrected chi connectivity index (χ0v) is 13.1. The van der Waals surface area contributed by atoms with Crippen molar-refractivity contribution in [1.29, 1.82) is 0 Å². The maximum Gasteiger partial charge on any atom is 0.123 e.